The number of benzene rings is 1. The van der Waals surface area contributed by atoms with Gasteiger partial charge in [-0.05, 0) is 42.5 Å². The van der Waals surface area contributed by atoms with E-state index in [1.165, 1.54) is 17.2 Å². The van der Waals surface area contributed by atoms with Crippen LogP contribution in [0.25, 0.3) is 6.08 Å². The van der Waals surface area contributed by atoms with Gasteiger partial charge in [0.1, 0.15) is 0 Å². The Kier molecular flexibility index (Phi) is 6.28. The second-order valence-corrected chi connectivity index (χ2v) is 6.67. The Hall–Kier alpha value is -2.61. The number of amides is 1. The summed E-state index contributed by atoms with van der Waals surface area (Å²) < 4.78 is 0. The van der Waals surface area contributed by atoms with Crippen LogP contribution in [0.15, 0.2) is 36.7 Å². The lowest BCUT2D eigenvalue weighted by atomic mass is 10.0. The number of aliphatic hydroxyl groups is 1. The minimum atomic E-state index is -0.554. The minimum absolute atomic E-state index is 0.0855. The van der Waals surface area contributed by atoms with Crippen molar-refractivity contribution in [2.45, 2.75) is 32.4 Å². The van der Waals surface area contributed by atoms with Gasteiger partial charge in [-0.2, -0.15) is 0 Å². The number of nitrogens with one attached hydrogen (secondary N) is 1. The molecule has 27 heavy (non-hydrogen) atoms. The molecule has 0 radical (unpaired) electrons. The van der Waals surface area contributed by atoms with E-state index in [4.69, 9.17) is 5.21 Å². The van der Waals surface area contributed by atoms with Gasteiger partial charge in [0.2, 0.25) is 0 Å². The summed E-state index contributed by atoms with van der Waals surface area (Å²) in [6.45, 7) is 3.20. The second kappa shape index (κ2) is 8.85. The van der Waals surface area contributed by atoms with Crippen LogP contribution in [-0.4, -0.2) is 44.2 Å². The third kappa shape index (κ3) is 4.77. The monoisotopic (exact) mass is 368 g/mol. The topological polar surface area (TPSA) is 98.6 Å². The summed E-state index contributed by atoms with van der Waals surface area (Å²) in [7, 11) is 0. The predicted octanol–water partition coefficient (Wildman–Crippen LogP) is 1.79. The van der Waals surface area contributed by atoms with E-state index in [9.17, 15) is 9.90 Å². The molecule has 7 heteroatoms. The summed E-state index contributed by atoms with van der Waals surface area (Å²) in [6.07, 6.45) is 8.43. The van der Waals surface area contributed by atoms with E-state index in [0.29, 0.717) is 13.1 Å². The molecule has 1 aromatic carbocycles. The fraction of sp³-hybridized carbons (Fsp3) is 0.350. The number of aliphatic hydroxyl groups excluding tert-OH is 1. The molecular weight excluding hydrogens is 344 g/mol. The number of fused-ring (bicyclic) bond motifs is 1. The first kappa shape index (κ1) is 19.2. The van der Waals surface area contributed by atoms with Crippen molar-refractivity contribution in [2.24, 2.45) is 0 Å². The third-order valence-electron chi connectivity index (χ3n) is 4.78. The lowest BCUT2D eigenvalue weighted by Crippen LogP contribution is -2.30. The van der Waals surface area contributed by atoms with Crippen LogP contribution >= 0.6 is 0 Å². The maximum Gasteiger partial charge on any atom is 0.267 e. The van der Waals surface area contributed by atoms with Crippen LogP contribution in [-0.2, 0) is 17.8 Å². The molecule has 7 nitrogen and oxygen atoms in total. The summed E-state index contributed by atoms with van der Waals surface area (Å²) in [6, 6.07) is 6.32. The van der Waals surface area contributed by atoms with Crippen molar-refractivity contribution in [3.63, 3.8) is 0 Å². The van der Waals surface area contributed by atoms with Crippen molar-refractivity contribution < 1.29 is 15.1 Å². The molecule has 0 spiro atoms. The van der Waals surface area contributed by atoms with E-state index in [2.05, 4.69) is 27.0 Å². The van der Waals surface area contributed by atoms with Gasteiger partial charge < -0.3 is 5.11 Å². The van der Waals surface area contributed by atoms with Crippen molar-refractivity contribution >= 4 is 12.0 Å². The normalized spacial score (nSPS) is 16.1. The molecule has 0 saturated heterocycles. The smallest absolute Gasteiger partial charge is 0.267 e. The van der Waals surface area contributed by atoms with E-state index in [0.717, 1.165) is 29.8 Å². The molecule has 1 aromatic heterocycles. The molecule has 142 valence electrons. The number of carbonyl (C=O) groups is 1. The SMILES string of the molecule is Cc1cnc(CN(CCO)C2CCc3cc(/C=C/C(=O)NO)ccc32)cn1. The highest BCUT2D eigenvalue weighted by Gasteiger charge is 2.28. The molecule has 1 heterocycles. The maximum absolute atomic E-state index is 11.1. The maximum atomic E-state index is 11.1. The highest BCUT2D eigenvalue weighted by atomic mass is 16.5. The zero-order valence-corrected chi connectivity index (χ0v) is 15.3. The number of aryl methyl sites for hydroxylation is 2. The van der Waals surface area contributed by atoms with Crippen molar-refractivity contribution in [2.75, 3.05) is 13.2 Å². The molecule has 0 fully saturated rings. The van der Waals surface area contributed by atoms with E-state index in [1.807, 2.05) is 13.0 Å². The van der Waals surface area contributed by atoms with Crippen LogP contribution in [0.1, 0.15) is 40.5 Å². The van der Waals surface area contributed by atoms with Gasteiger partial charge in [0.25, 0.3) is 5.91 Å². The number of nitrogens with zero attached hydrogens (tertiary/aromatic N) is 3. The van der Waals surface area contributed by atoms with E-state index in [1.54, 1.807) is 23.9 Å². The average molecular weight is 368 g/mol. The van der Waals surface area contributed by atoms with E-state index < -0.39 is 5.91 Å². The Morgan fingerprint density at radius 2 is 2.22 bits per heavy atom. The molecule has 0 aliphatic heterocycles. The molecule has 0 bridgehead atoms. The Labute approximate surface area is 158 Å². The first-order valence-corrected chi connectivity index (χ1v) is 8.98. The number of hydroxylamine groups is 1. The lowest BCUT2D eigenvalue weighted by molar-refractivity contribution is -0.124. The zero-order chi connectivity index (χ0) is 19.2. The van der Waals surface area contributed by atoms with Crippen molar-refractivity contribution in [3.05, 3.63) is 64.7 Å². The van der Waals surface area contributed by atoms with Crippen LogP contribution in [0.4, 0.5) is 0 Å². The van der Waals surface area contributed by atoms with Crippen molar-refractivity contribution in [1.29, 1.82) is 0 Å². The van der Waals surface area contributed by atoms with Crippen LogP contribution in [0.2, 0.25) is 0 Å². The molecule has 1 amide bonds. The molecule has 1 aliphatic rings. The zero-order valence-electron chi connectivity index (χ0n) is 15.3. The predicted molar refractivity (Wildman–Crippen MR) is 101 cm³/mol. The van der Waals surface area contributed by atoms with Gasteiger partial charge in [0.05, 0.1) is 18.0 Å². The van der Waals surface area contributed by atoms with Crippen LogP contribution in [0.3, 0.4) is 0 Å². The molecule has 1 aliphatic carbocycles. The first-order chi connectivity index (χ1) is 13.1. The fourth-order valence-electron chi connectivity index (χ4n) is 3.49. The summed E-state index contributed by atoms with van der Waals surface area (Å²) in [5, 5.41) is 18.1. The molecular formula is C20H24N4O3. The fourth-order valence-corrected chi connectivity index (χ4v) is 3.49. The van der Waals surface area contributed by atoms with Gasteiger partial charge >= 0.3 is 0 Å². The van der Waals surface area contributed by atoms with Crippen molar-refractivity contribution in [3.8, 4) is 0 Å². The average Bonchev–Trinajstić information content (AvgIpc) is 3.10. The molecule has 3 N–H and O–H groups in total. The molecule has 1 atom stereocenters. The Morgan fingerprint density at radius 1 is 1.37 bits per heavy atom. The van der Waals surface area contributed by atoms with Gasteiger partial charge in [-0.25, -0.2) is 5.48 Å². The quantitative estimate of drug-likeness (QED) is 0.391. The first-order valence-electron chi connectivity index (χ1n) is 8.98. The second-order valence-electron chi connectivity index (χ2n) is 6.67. The van der Waals surface area contributed by atoms with Gasteiger partial charge in [0, 0.05) is 37.6 Å². The lowest BCUT2D eigenvalue weighted by Gasteiger charge is -2.28. The van der Waals surface area contributed by atoms with E-state index >= 15 is 0 Å². The largest absolute Gasteiger partial charge is 0.395 e. The summed E-state index contributed by atoms with van der Waals surface area (Å²) in [4.78, 5) is 22.1. The highest BCUT2D eigenvalue weighted by Crippen LogP contribution is 2.37. The third-order valence-corrected chi connectivity index (χ3v) is 4.78. The van der Waals surface area contributed by atoms with Crippen molar-refractivity contribution in [1.82, 2.24) is 20.3 Å². The Bertz CT molecular complexity index is 820. The van der Waals surface area contributed by atoms with Crippen LogP contribution in [0.5, 0.6) is 0 Å². The van der Waals surface area contributed by atoms with E-state index in [-0.39, 0.29) is 12.6 Å². The van der Waals surface area contributed by atoms with Gasteiger partial charge in [-0.1, -0.05) is 18.2 Å². The Balaban J connectivity index is 1.78. The van der Waals surface area contributed by atoms with Crippen LogP contribution in [0, 0.1) is 6.92 Å². The highest BCUT2D eigenvalue weighted by molar-refractivity contribution is 5.90. The summed E-state index contributed by atoms with van der Waals surface area (Å²) in [5.41, 5.74) is 6.75. The van der Waals surface area contributed by atoms with Gasteiger partial charge in [-0.15, -0.1) is 0 Å². The molecule has 1 unspecified atom stereocenters. The standard InChI is InChI=1S/C20H24N4O3/c1-14-11-22-17(12-21-14)13-24(8-9-25)19-6-4-16-10-15(2-5-18(16)19)3-7-20(26)23-27/h2-3,5,7,10-12,19,25,27H,4,6,8-9,13H2,1H3,(H,23,26)/b7-3+. The number of carbonyl (C=O) groups excluding carboxylic acids is 1. The van der Waals surface area contributed by atoms with Gasteiger partial charge in [0.15, 0.2) is 0 Å². The number of rotatable bonds is 7. The number of aromatic nitrogens is 2. The summed E-state index contributed by atoms with van der Waals surface area (Å²) >= 11 is 0. The molecule has 0 saturated carbocycles. The summed E-state index contributed by atoms with van der Waals surface area (Å²) in [5.74, 6) is -0.554. The van der Waals surface area contributed by atoms with Crippen LogP contribution < -0.4 is 5.48 Å². The number of hydrogen-bond donors (Lipinski definition) is 3. The van der Waals surface area contributed by atoms with Gasteiger partial charge in [-0.3, -0.25) is 24.9 Å². The molecule has 3 rings (SSSR count). The Morgan fingerprint density at radius 3 is 2.93 bits per heavy atom. The number of hydrogen-bond acceptors (Lipinski definition) is 6. The minimum Gasteiger partial charge on any atom is -0.395 e. The molecule has 2 aromatic rings.